The topological polar surface area (TPSA) is 95.7 Å². The van der Waals surface area contributed by atoms with E-state index in [2.05, 4.69) is 6.92 Å². The van der Waals surface area contributed by atoms with Crippen LogP contribution in [0.25, 0.3) is 0 Å². The molecule has 0 unspecified atom stereocenters. The van der Waals surface area contributed by atoms with Gasteiger partial charge in [-0.3, -0.25) is 10.1 Å². The van der Waals surface area contributed by atoms with E-state index in [0.29, 0.717) is 28.9 Å². The number of nitro benzene ring substituents is 1. The molecule has 0 aliphatic heterocycles. The molecule has 0 atom stereocenters. The van der Waals surface area contributed by atoms with Crippen molar-refractivity contribution in [2.24, 2.45) is 0 Å². The Morgan fingerprint density at radius 3 is 2.11 bits per heavy atom. The Morgan fingerprint density at radius 2 is 1.57 bits per heavy atom. The molecule has 0 N–H and O–H groups in total. The summed E-state index contributed by atoms with van der Waals surface area (Å²) < 4.78 is 10.4. The number of aryl methyl sites for hydroxylation is 1. The Labute approximate surface area is 163 Å². The summed E-state index contributed by atoms with van der Waals surface area (Å²) in [5.41, 5.74) is 1.86. The number of hydrogen-bond acceptors (Lipinski definition) is 6. The Kier molecular flexibility index (Phi) is 7.68. The summed E-state index contributed by atoms with van der Waals surface area (Å²) in [7, 11) is 0. The first kappa shape index (κ1) is 21.1. The first-order valence-electron chi connectivity index (χ1n) is 9.10. The van der Waals surface area contributed by atoms with Crippen molar-refractivity contribution >= 4 is 17.6 Å². The van der Waals surface area contributed by atoms with Crippen LogP contribution in [0.2, 0.25) is 0 Å². The number of nitro groups is 1. The summed E-state index contributed by atoms with van der Waals surface area (Å²) in [5, 5.41) is 10.8. The Bertz CT molecular complexity index is 844. The Balaban J connectivity index is 1.90. The van der Waals surface area contributed by atoms with E-state index in [9.17, 15) is 19.7 Å². The minimum Gasteiger partial charge on any atom is -0.462 e. The summed E-state index contributed by atoms with van der Waals surface area (Å²) in [5.74, 6) is -0.962. The molecular weight excluding hydrogens is 362 g/mol. The van der Waals surface area contributed by atoms with E-state index in [1.807, 2.05) is 0 Å². The Hall–Kier alpha value is -3.22. The van der Waals surface area contributed by atoms with Crippen molar-refractivity contribution in [2.45, 2.75) is 39.7 Å². The van der Waals surface area contributed by atoms with E-state index in [0.717, 1.165) is 19.3 Å². The van der Waals surface area contributed by atoms with Crippen molar-refractivity contribution < 1.29 is 24.0 Å². The van der Waals surface area contributed by atoms with Crippen molar-refractivity contribution in [1.29, 1.82) is 0 Å². The highest BCUT2D eigenvalue weighted by Crippen LogP contribution is 2.19. The standard InChI is InChI=1S/C21H23NO6/c1-3-4-5-12-27-20(23)17-7-9-18(10-8-17)21(24)28-14-16-6-11-19(22(25)26)15(2)13-16/h6-11,13H,3-5,12,14H2,1-2H3. The number of unbranched alkanes of at least 4 members (excludes halogenated alkanes) is 2. The first-order chi connectivity index (χ1) is 13.4. The molecule has 0 spiro atoms. The second kappa shape index (κ2) is 10.2. The lowest BCUT2D eigenvalue weighted by atomic mass is 10.1. The monoisotopic (exact) mass is 385 g/mol. The fraction of sp³-hybridized carbons (Fsp3) is 0.333. The van der Waals surface area contributed by atoms with E-state index in [1.54, 1.807) is 19.1 Å². The molecule has 0 aromatic heterocycles. The van der Waals surface area contributed by atoms with Crippen molar-refractivity contribution in [2.75, 3.05) is 6.61 Å². The molecule has 0 amide bonds. The van der Waals surface area contributed by atoms with Gasteiger partial charge in [-0.25, -0.2) is 9.59 Å². The molecule has 0 radical (unpaired) electrons. The van der Waals surface area contributed by atoms with Crippen LogP contribution >= 0.6 is 0 Å². The van der Waals surface area contributed by atoms with E-state index >= 15 is 0 Å². The third kappa shape index (κ3) is 5.90. The molecule has 0 aliphatic carbocycles. The van der Waals surface area contributed by atoms with Gasteiger partial charge in [-0.15, -0.1) is 0 Å². The molecule has 7 nitrogen and oxygen atoms in total. The first-order valence-corrected chi connectivity index (χ1v) is 9.10. The predicted molar refractivity (Wildman–Crippen MR) is 103 cm³/mol. The van der Waals surface area contributed by atoms with Gasteiger partial charge in [0.1, 0.15) is 6.61 Å². The van der Waals surface area contributed by atoms with Crippen LogP contribution in [0.5, 0.6) is 0 Å². The van der Waals surface area contributed by atoms with Crippen LogP contribution in [-0.2, 0) is 16.1 Å². The molecule has 0 saturated heterocycles. The molecule has 0 aliphatic rings. The van der Waals surface area contributed by atoms with E-state index in [-0.39, 0.29) is 12.3 Å². The highest BCUT2D eigenvalue weighted by Gasteiger charge is 2.13. The quantitative estimate of drug-likeness (QED) is 0.271. The molecule has 7 heteroatoms. The average Bonchev–Trinajstić information content (AvgIpc) is 2.69. The molecule has 28 heavy (non-hydrogen) atoms. The summed E-state index contributed by atoms with van der Waals surface area (Å²) >= 11 is 0. The average molecular weight is 385 g/mol. The van der Waals surface area contributed by atoms with E-state index in [1.165, 1.54) is 30.3 Å². The molecule has 0 heterocycles. The lowest BCUT2D eigenvalue weighted by Gasteiger charge is -2.07. The van der Waals surface area contributed by atoms with Crippen LogP contribution in [0.1, 0.15) is 58.0 Å². The molecule has 148 valence electrons. The largest absolute Gasteiger partial charge is 0.462 e. The maximum atomic E-state index is 12.2. The van der Waals surface area contributed by atoms with Crippen molar-refractivity contribution in [3.8, 4) is 0 Å². The van der Waals surface area contributed by atoms with Crippen LogP contribution in [-0.4, -0.2) is 23.5 Å². The second-order valence-corrected chi connectivity index (χ2v) is 6.37. The molecule has 0 bridgehead atoms. The van der Waals surface area contributed by atoms with Gasteiger partial charge in [-0.1, -0.05) is 19.8 Å². The molecule has 2 aromatic rings. The maximum Gasteiger partial charge on any atom is 0.338 e. The molecular formula is C21H23NO6. The minimum absolute atomic E-state index is 0.00110. The van der Waals surface area contributed by atoms with Gasteiger partial charge in [0.05, 0.1) is 22.7 Å². The van der Waals surface area contributed by atoms with Gasteiger partial charge in [0.15, 0.2) is 0 Å². The fourth-order valence-corrected chi connectivity index (χ4v) is 2.59. The third-order valence-corrected chi connectivity index (χ3v) is 4.17. The smallest absolute Gasteiger partial charge is 0.338 e. The summed E-state index contributed by atoms with van der Waals surface area (Å²) in [4.78, 5) is 34.5. The number of nitrogens with zero attached hydrogens (tertiary/aromatic N) is 1. The zero-order chi connectivity index (χ0) is 20.5. The van der Waals surface area contributed by atoms with Crippen molar-refractivity contribution in [1.82, 2.24) is 0 Å². The SMILES string of the molecule is CCCCCOC(=O)c1ccc(C(=O)OCc2ccc([N+](=O)[O-])c(C)c2)cc1. The molecule has 0 saturated carbocycles. The molecule has 0 fully saturated rings. The van der Waals surface area contributed by atoms with Gasteiger partial charge >= 0.3 is 11.9 Å². The Morgan fingerprint density at radius 1 is 0.964 bits per heavy atom. The lowest BCUT2D eigenvalue weighted by Crippen LogP contribution is -2.08. The van der Waals surface area contributed by atoms with Crippen molar-refractivity contribution in [3.63, 3.8) is 0 Å². The normalized spacial score (nSPS) is 10.4. The minimum atomic E-state index is -0.543. The van der Waals surface area contributed by atoms with Crippen molar-refractivity contribution in [3.05, 3.63) is 74.8 Å². The lowest BCUT2D eigenvalue weighted by molar-refractivity contribution is -0.385. The number of benzene rings is 2. The van der Waals surface area contributed by atoms with Gasteiger partial charge in [-0.2, -0.15) is 0 Å². The van der Waals surface area contributed by atoms with E-state index < -0.39 is 16.9 Å². The molecule has 2 rings (SSSR count). The predicted octanol–water partition coefficient (Wildman–Crippen LogP) is 4.61. The summed E-state index contributed by atoms with van der Waals surface area (Å²) in [6, 6.07) is 10.6. The summed E-state index contributed by atoms with van der Waals surface area (Å²) in [6.07, 6.45) is 2.88. The number of carbonyl (C=O) groups excluding carboxylic acids is 2. The van der Waals surface area contributed by atoms with Gasteiger partial charge < -0.3 is 9.47 Å². The number of ether oxygens (including phenoxy) is 2. The zero-order valence-electron chi connectivity index (χ0n) is 16.0. The second-order valence-electron chi connectivity index (χ2n) is 6.37. The zero-order valence-corrected chi connectivity index (χ0v) is 16.0. The van der Waals surface area contributed by atoms with Crippen LogP contribution in [0.4, 0.5) is 5.69 Å². The molecule has 2 aromatic carbocycles. The van der Waals surface area contributed by atoms with Crippen LogP contribution in [0.15, 0.2) is 42.5 Å². The third-order valence-electron chi connectivity index (χ3n) is 4.17. The van der Waals surface area contributed by atoms with E-state index in [4.69, 9.17) is 9.47 Å². The van der Waals surface area contributed by atoms with Gasteiger partial charge in [0.25, 0.3) is 5.69 Å². The highest BCUT2D eigenvalue weighted by molar-refractivity contribution is 5.93. The van der Waals surface area contributed by atoms with Gasteiger partial charge in [0.2, 0.25) is 0 Å². The highest BCUT2D eigenvalue weighted by atomic mass is 16.6. The summed E-state index contributed by atoms with van der Waals surface area (Å²) in [6.45, 7) is 4.08. The van der Waals surface area contributed by atoms with Crippen LogP contribution < -0.4 is 0 Å². The van der Waals surface area contributed by atoms with Crippen LogP contribution in [0, 0.1) is 17.0 Å². The number of esters is 2. The maximum absolute atomic E-state index is 12.2. The fourth-order valence-electron chi connectivity index (χ4n) is 2.59. The van der Waals surface area contributed by atoms with Gasteiger partial charge in [-0.05, 0) is 55.3 Å². The van der Waals surface area contributed by atoms with Crippen LogP contribution in [0.3, 0.4) is 0 Å². The van der Waals surface area contributed by atoms with Gasteiger partial charge in [0, 0.05) is 11.6 Å². The number of rotatable bonds is 9. The number of hydrogen-bond donors (Lipinski definition) is 0. The number of carbonyl (C=O) groups is 2.